The van der Waals surface area contributed by atoms with Gasteiger partial charge in [0, 0.05) is 11.9 Å². The van der Waals surface area contributed by atoms with Crippen LogP contribution in [0.5, 0.6) is 0 Å². The number of para-hydroxylation sites is 2. The number of nitriles is 1. The summed E-state index contributed by atoms with van der Waals surface area (Å²) < 4.78 is 1.99. The molecule has 0 saturated heterocycles. The molecule has 0 fully saturated rings. The zero-order valence-electron chi connectivity index (χ0n) is 13.7. The second-order valence-corrected chi connectivity index (χ2v) is 8.00. The van der Waals surface area contributed by atoms with Crippen molar-refractivity contribution in [2.45, 2.75) is 24.4 Å². The minimum atomic E-state index is -0.103. The van der Waals surface area contributed by atoms with Gasteiger partial charge in [-0.1, -0.05) is 23.9 Å². The van der Waals surface area contributed by atoms with Crippen molar-refractivity contribution in [3.8, 4) is 6.07 Å². The molecule has 4 rings (SSSR count). The van der Waals surface area contributed by atoms with Crippen LogP contribution in [0.2, 0.25) is 0 Å². The zero-order chi connectivity index (χ0) is 17.4. The van der Waals surface area contributed by atoms with Crippen LogP contribution in [0.1, 0.15) is 22.4 Å². The van der Waals surface area contributed by atoms with Gasteiger partial charge in [0.05, 0.1) is 22.3 Å². The van der Waals surface area contributed by atoms with Crippen LogP contribution < -0.4 is 5.32 Å². The SMILES string of the molecule is Cn1c(SCC(=O)Nc2sc3c(c2C#N)CCC3)nc2ccccc21. The Balaban J connectivity index is 1.46. The molecule has 2 heterocycles. The molecule has 0 unspecified atom stereocenters. The van der Waals surface area contributed by atoms with Crippen molar-refractivity contribution in [2.75, 3.05) is 11.1 Å². The number of fused-ring (bicyclic) bond motifs is 2. The van der Waals surface area contributed by atoms with E-state index in [1.807, 2.05) is 35.9 Å². The lowest BCUT2D eigenvalue weighted by Crippen LogP contribution is -2.14. The van der Waals surface area contributed by atoms with Gasteiger partial charge in [-0.2, -0.15) is 5.26 Å². The quantitative estimate of drug-likeness (QED) is 0.713. The Kier molecular flexibility index (Phi) is 4.24. The Hall–Kier alpha value is -2.30. The molecule has 2 aromatic heterocycles. The molecule has 0 radical (unpaired) electrons. The van der Waals surface area contributed by atoms with E-state index in [0.717, 1.165) is 41.0 Å². The van der Waals surface area contributed by atoms with E-state index in [4.69, 9.17) is 0 Å². The predicted molar refractivity (Wildman–Crippen MR) is 101 cm³/mol. The second kappa shape index (κ2) is 6.54. The third-order valence-electron chi connectivity index (χ3n) is 4.36. The Morgan fingerprint density at radius 3 is 3.08 bits per heavy atom. The number of hydrogen-bond donors (Lipinski definition) is 1. The van der Waals surface area contributed by atoms with Crippen LogP contribution in [-0.2, 0) is 24.7 Å². The fourth-order valence-corrected chi connectivity index (χ4v) is 5.20. The molecule has 5 nitrogen and oxygen atoms in total. The van der Waals surface area contributed by atoms with E-state index in [-0.39, 0.29) is 11.7 Å². The molecule has 0 saturated carbocycles. The highest BCUT2D eigenvalue weighted by Gasteiger charge is 2.23. The molecule has 3 aromatic rings. The van der Waals surface area contributed by atoms with Gasteiger partial charge < -0.3 is 9.88 Å². The molecule has 1 N–H and O–H groups in total. The number of carbonyl (C=O) groups excluding carboxylic acids is 1. The minimum absolute atomic E-state index is 0.103. The van der Waals surface area contributed by atoms with Gasteiger partial charge in [0.1, 0.15) is 11.1 Å². The van der Waals surface area contributed by atoms with Crippen molar-refractivity contribution >= 4 is 45.0 Å². The maximum Gasteiger partial charge on any atom is 0.235 e. The average molecular weight is 368 g/mol. The smallest absolute Gasteiger partial charge is 0.235 e. The fraction of sp³-hybridized carbons (Fsp3) is 0.278. The number of hydrogen-bond acceptors (Lipinski definition) is 5. The van der Waals surface area contributed by atoms with Crippen molar-refractivity contribution in [2.24, 2.45) is 7.05 Å². The maximum atomic E-state index is 12.3. The van der Waals surface area contributed by atoms with Gasteiger partial charge in [0.25, 0.3) is 0 Å². The van der Waals surface area contributed by atoms with Crippen molar-refractivity contribution in [3.63, 3.8) is 0 Å². The van der Waals surface area contributed by atoms with E-state index in [1.165, 1.54) is 16.6 Å². The van der Waals surface area contributed by atoms with E-state index in [0.29, 0.717) is 10.6 Å². The predicted octanol–water partition coefficient (Wildman–Crippen LogP) is 3.73. The number of nitrogens with one attached hydrogen (secondary N) is 1. The van der Waals surface area contributed by atoms with Gasteiger partial charge in [-0.15, -0.1) is 11.3 Å². The Labute approximate surface area is 153 Å². The van der Waals surface area contributed by atoms with E-state index >= 15 is 0 Å². The molecule has 0 bridgehead atoms. The lowest BCUT2D eigenvalue weighted by Gasteiger charge is -2.04. The number of aromatic nitrogens is 2. The summed E-state index contributed by atoms with van der Waals surface area (Å²) in [4.78, 5) is 18.1. The fourth-order valence-electron chi connectivity index (χ4n) is 3.16. The number of thiophene rings is 1. The minimum Gasteiger partial charge on any atom is -0.322 e. The third-order valence-corrected chi connectivity index (χ3v) is 6.60. The van der Waals surface area contributed by atoms with Gasteiger partial charge in [-0.3, -0.25) is 4.79 Å². The Morgan fingerprint density at radius 1 is 1.44 bits per heavy atom. The number of nitrogens with zero attached hydrogens (tertiary/aromatic N) is 3. The summed E-state index contributed by atoms with van der Waals surface area (Å²) >= 11 is 2.95. The van der Waals surface area contributed by atoms with Gasteiger partial charge in [-0.05, 0) is 37.0 Å². The van der Waals surface area contributed by atoms with Crippen LogP contribution in [0, 0.1) is 11.3 Å². The summed E-state index contributed by atoms with van der Waals surface area (Å²) in [5.74, 6) is 0.165. The van der Waals surface area contributed by atoms with Crippen molar-refractivity contribution in [1.29, 1.82) is 5.26 Å². The topological polar surface area (TPSA) is 70.7 Å². The van der Waals surface area contributed by atoms with E-state index < -0.39 is 0 Å². The highest BCUT2D eigenvalue weighted by molar-refractivity contribution is 7.99. The van der Waals surface area contributed by atoms with Crippen LogP contribution in [0.25, 0.3) is 11.0 Å². The number of aryl methyl sites for hydroxylation is 2. The van der Waals surface area contributed by atoms with Gasteiger partial charge in [0.2, 0.25) is 5.91 Å². The van der Waals surface area contributed by atoms with Gasteiger partial charge >= 0.3 is 0 Å². The summed E-state index contributed by atoms with van der Waals surface area (Å²) in [6.07, 6.45) is 3.06. The first-order chi connectivity index (χ1) is 12.2. The Bertz CT molecular complexity index is 1010. The van der Waals surface area contributed by atoms with Crippen molar-refractivity contribution in [1.82, 2.24) is 9.55 Å². The molecule has 1 aromatic carbocycles. The van der Waals surface area contributed by atoms with Crippen LogP contribution in [0.3, 0.4) is 0 Å². The molecule has 1 aliphatic rings. The second-order valence-electron chi connectivity index (χ2n) is 5.95. The number of imidazole rings is 1. The lowest BCUT2D eigenvalue weighted by atomic mass is 10.1. The summed E-state index contributed by atoms with van der Waals surface area (Å²) in [5, 5.41) is 13.8. The molecule has 126 valence electrons. The number of anilines is 1. The highest BCUT2D eigenvalue weighted by Crippen LogP contribution is 2.38. The number of rotatable bonds is 4. The molecule has 1 amide bonds. The highest BCUT2D eigenvalue weighted by atomic mass is 32.2. The normalized spacial score (nSPS) is 13.0. The van der Waals surface area contributed by atoms with E-state index in [2.05, 4.69) is 16.4 Å². The number of benzene rings is 1. The van der Waals surface area contributed by atoms with Crippen LogP contribution in [0.4, 0.5) is 5.00 Å². The maximum absolute atomic E-state index is 12.3. The summed E-state index contributed by atoms with van der Waals surface area (Å²) in [5.41, 5.74) is 3.76. The van der Waals surface area contributed by atoms with E-state index in [9.17, 15) is 10.1 Å². The van der Waals surface area contributed by atoms with Crippen LogP contribution in [0.15, 0.2) is 29.4 Å². The number of amides is 1. The van der Waals surface area contributed by atoms with Crippen molar-refractivity contribution in [3.05, 3.63) is 40.3 Å². The standard InChI is InChI=1S/C18H16N4OS2/c1-22-14-7-3-2-6-13(14)20-18(22)24-10-16(23)21-17-12(9-19)11-5-4-8-15(11)25-17/h2-3,6-7H,4-5,8,10H2,1H3,(H,21,23). The monoisotopic (exact) mass is 368 g/mol. The first kappa shape index (κ1) is 16.2. The summed E-state index contributed by atoms with van der Waals surface area (Å²) in [6.45, 7) is 0. The zero-order valence-corrected chi connectivity index (χ0v) is 15.3. The largest absolute Gasteiger partial charge is 0.322 e. The van der Waals surface area contributed by atoms with Crippen LogP contribution >= 0.6 is 23.1 Å². The molecule has 0 spiro atoms. The average Bonchev–Trinajstić information content (AvgIpc) is 3.27. The first-order valence-corrected chi connectivity index (χ1v) is 9.86. The third kappa shape index (κ3) is 2.92. The molecule has 0 aliphatic heterocycles. The molecular formula is C18H16N4OS2. The lowest BCUT2D eigenvalue weighted by molar-refractivity contribution is -0.113. The van der Waals surface area contributed by atoms with Gasteiger partial charge in [-0.25, -0.2) is 4.98 Å². The Morgan fingerprint density at radius 2 is 2.28 bits per heavy atom. The molecular weight excluding hydrogens is 352 g/mol. The number of carbonyl (C=O) groups is 1. The number of thioether (sulfide) groups is 1. The molecule has 0 atom stereocenters. The van der Waals surface area contributed by atoms with Crippen LogP contribution in [-0.4, -0.2) is 21.2 Å². The molecule has 7 heteroatoms. The van der Waals surface area contributed by atoms with E-state index in [1.54, 1.807) is 11.3 Å². The van der Waals surface area contributed by atoms with Gasteiger partial charge in [0.15, 0.2) is 5.16 Å². The van der Waals surface area contributed by atoms with Crippen molar-refractivity contribution < 1.29 is 4.79 Å². The molecule has 25 heavy (non-hydrogen) atoms. The first-order valence-electron chi connectivity index (χ1n) is 8.06. The summed E-state index contributed by atoms with van der Waals surface area (Å²) in [6, 6.07) is 10.2. The molecule has 1 aliphatic carbocycles. The summed E-state index contributed by atoms with van der Waals surface area (Å²) in [7, 11) is 1.95.